The van der Waals surface area contributed by atoms with Crippen molar-refractivity contribution in [3.8, 4) is 0 Å². The Bertz CT molecular complexity index is 735. The van der Waals surface area contributed by atoms with Crippen molar-refractivity contribution in [1.82, 2.24) is 16.0 Å². The van der Waals surface area contributed by atoms with E-state index in [1.54, 1.807) is 20.1 Å². The zero-order valence-electron chi connectivity index (χ0n) is 18.8. The molecule has 4 amide bonds. The Kier molecular flexibility index (Phi) is 13.7. The summed E-state index contributed by atoms with van der Waals surface area (Å²) in [6.45, 7) is 3.40. The second kappa shape index (κ2) is 15.1. The van der Waals surface area contributed by atoms with Gasteiger partial charge in [0.15, 0.2) is 0 Å². The lowest BCUT2D eigenvalue weighted by Gasteiger charge is -2.28. The molecule has 5 unspecified atom stereocenters. The molecule has 0 saturated carbocycles. The number of hydrogen-bond donors (Lipinski definition) is 7. The van der Waals surface area contributed by atoms with E-state index in [2.05, 4.69) is 16.0 Å². The fourth-order valence-corrected chi connectivity index (χ4v) is 3.16. The molecular weight excluding hydrogens is 458 g/mol. The fraction of sp³-hybridized carbons (Fsp3) is 0.684. The van der Waals surface area contributed by atoms with Crippen LogP contribution in [0.3, 0.4) is 0 Å². The largest absolute Gasteiger partial charge is 0.481 e. The van der Waals surface area contributed by atoms with Gasteiger partial charge in [0.1, 0.15) is 18.1 Å². The van der Waals surface area contributed by atoms with Crippen molar-refractivity contribution in [1.29, 1.82) is 0 Å². The molecule has 0 aliphatic carbocycles. The lowest BCUT2D eigenvalue weighted by Crippen LogP contribution is -2.59. The van der Waals surface area contributed by atoms with Crippen LogP contribution in [0.15, 0.2) is 0 Å². The van der Waals surface area contributed by atoms with Crippen LogP contribution >= 0.6 is 11.8 Å². The topological polar surface area (TPSA) is 231 Å². The van der Waals surface area contributed by atoms with Crippen molar-refractivity contribution in [2.45, 2.75) is 63.7 Å². The minimum absolute atomic E-state index is 0.188. The Balaban J connectivity index is 5.54. The Hall–Kier alpha value is -2.87. The second-order valence-corrected chi connectivity index (χ2v) is 8.47. The van der Waals surface area contributed by atoms with Crippen LogP contribution in [-0.4, -0.2) is 82.0 Å². The number of carbonyl (C=O) groups is 6. The van der Waals surface area contributed by atoms with Gasteiger partial charge in [0, 0.05) is 0 Å². The van der Waals surface area contributed by atoms with Crippen LogP contribution < -0.4 is 27.4 Å². The first-order chi connectivity index (χ1) is 15.3. The first-order valence-electron chi connectivity index (χ1n) is 10.2. The van der Waals surface area contributed by atoms with E-state index >= 15 is 0 Å². The van der Waals surface area contributed by atoms with E-state index in [1.165, 1.54) is 11.8 Å². The predicted octanol–water partition coefficient (Wildman–Crippen LogP) is -2.00. The van der Waals surface area contributed by atoms with Crippen molar-refractivity contribution >= 4 is 47.3 Å². The molecule has 9 N–H and O–H groups in total. The van der Waals surface area contributed by atoms with Gasteiger partial charge < -0.3 is 37.6 Å². The van der Waals surface area contributed by atoms with Crippen molar-refractivity contribution in [3.05, 3.63) is 0 Å². The van der Waals surface area contributed by atoms with Crippen molar-refractivity contribution in [3.63, 3.8) is 0 Å². The van der Waals surface area contributed by atoms with Gasteiger partial charge in [0.25, 0.3) is 0 Å². The van der Waals surface area contributed by atoms with E-state index in [1.807, 2.05) is 0 Å². The maximum absolute atomic E-state index is 12.9. The minimum Gasteiger partial charge on any atom is -0.481 e. The number of nitrogens with one attached hydrogen (secondary N) is 3. The first-order valence-corrected chi connectivity index (χ1v) is 11.6. The van der Waals surface area contributed by atoms with Gasteiger partial charge >= 0.3 is 11.9 Å². The van der Waals surface area contributed by atoms with Gasteiger partial charge in [-0.15, -0.1) is 0 Å². The highest BCUT2D eigenvalue weighted by molar-refractivity contribution is 7.98. The number of aliphatic carboxylic acids is 2. The van der Waals surface area contributed by atoms with Gasteiger partial charge in [-0.25, -0.2) is 4.79 Å². The van der Waals surface area contributed by atoms with Crippen LogP contribution in [0.4, 0.5) is 0 Å². The normalized spacial score (nSPS) is 15.3. The van der Waals surface area contributed by atoms with E-state index in [0.29, 0.717) is 12.2 Å². The molecule has 13 nitrogen and oxygen atoms in total. The SMILES string of the molecule is CCC(C)C(NC(=O)C(CCSC)NC(=O)C(N)CC(N)=O)C(=O)NC(CC(=O)O)C(=O)O. The molecule has 0 radical (unpaired) electrons. The van der Waals surface area contributed by atoms with Crippen LogP contribution in [0.5, 0.6) is 0 Å². The average Bonchev–Trinajstić information content (AvgIpc) is 2.72. The van der Waals surface area contributed by atoms with Gasteiger partial charge in [-0.3, -0.25) is 24.0 Å². The van der Waals surface area contributed by atoms with Gasteiger partial charge in [-0.1, -0.05) is 20.3 Å². The number of primary amides is 1. The molecule has 0 bridgehead atoms. The molecule has 0 aromatic carbocycles. The van der Waals surface area contributed by atoms with Gasteiger partial charge in [-0.2, -0.15) is 11.8 Å². The molecular formula is C19H33N5O8S. The van der Waals surface area contributed by atoms with Gasteiger partial charge in [0.05, 0.1) is 18.9 Å². The van der Waals surface area contributed by atoms with Crippen molar-refractivity contribution in [2.75, 3.05) is 12.0 Å². The number of thioether (sulfide) groups is 1. The molecule has 33 heavy (non-hydrogen) atoms. The maximum Gasteiger partial charge on any atom is 0.326 e. The number of carboxylic acid groups (broad SMARTS) is 2. The summed E-state index contributed by atoms with van der Waals surface area (Å²) in [7, 11) is 0. The third-order valence-corrected chi connectivity index (χ3v) is 5.43. The van der Waals surface area contributed by atoms with Crippen LogP contribution in [0, 0.1) is 5.92 Å². The number of nitrogens with two attached hydrogens (primary N) is 2. The smallest absolute Gasteiger partial charge is 0.326 e. The highest BCUT2D eigenvalue weighted by Gasteiger charge is 2.33. The molecule has 0 aliphatic rings. The third kappa shape index (κ3) is 11.5. The molecule has 14 heteroatoms. The lowest BCUT2D eigenvalue weighted by atomic mass is 9.97. The first kappa shape index (κ1) is 30.1. The maximum atomic E-state index is 12.9. The van der Waals surface area contributed by atoms with E-state index in [9.17, 15) is 28.8 Å². The quantitative estimate of drug-likeness (QED) is 0.125. The zero-order chi connectivity index (χ0) is 25.7. The highest BCUT2D eigenvalue weighted by atomic mass is 32.2. The van der Waals surface area contributed by atoms with Gasteiger partial charge in [-0.05, 0) is 24.3 Å². The third-order valence-electron chi connectivity index (χ3n) is 4.79. The average molecular weight is 492 g/mol. The van der Waals surface area contributed by atoms with E-state index in [-0.39, 0.29) is 6.42 Å². The predicted molar refractivity (Wildman–Crippen MR) is 120 cm³/mol. The molecule has 0 saturated heterocycles. The molecule has 5 atom stereocenters. The summed E-state index contributed by atoms with van der Waals surface area (Å²) >= 11 is 1.41. The Morgan fingerprint density at radius 3 is 1.94 bits per heavy atom. The van der Waals surface area contributed by atoms with Crippen LogP contribution in [0.25, 0.3) is 0 Å². The monoisotopic (exact) mass is 491 g/mol. The fourth-order valence-electron chi connectivity index (χ4n) is 2.68. The molecule has 0 heterocycles. The molecule has 0 fully saturated rings. The molecule has 0 aromatic heterocycles. The Morgan fingerprint density at radius 1 is 0.909 bits per heavy atom. The summed E-state index contributed by atoms with van der Waals surface area (Å²) in [5.41, 5.74) is 10.7. The molecule has 0 rings (SSSR count). The number of carboxylic acids is 2. The molecule has 0 spiro atoms. The number of rotatable bonds is 16. The summed E-state index contributed by atoms with van der Waals surface area (Å²) in [6, 6.07) is -5.21. The Morgan fingerprint density at radius 2 is 1.48 bits per heavy atom. The van der Waals surface area contributed by atoms with Crippen LogP contribution in [0.2, 0.25) is 0 Å². The number of hydrogen-bond acceptors (Lipinski definition) is 8. The summed E-state index contributed by atoms with van der Waals surface area (Å²) in [5.74, 6) is -6.06. The van der Waals surface area contributed by atoms with Gasteiger partial charge in [0.2, 0.25) is 23.6 Å². The molecule has 0 aromatic rings. The standard InChI is InChI=1S/C19H33N5O8S/c1-4-9(2)15(18(30)23-12(19(31)32)8-14(26)27)24-17(29)11(5-6-33-3)22-16(28)10(20)7-13(21)25/h9-12,15H,4-8,20H2,1-3H3,(H2,21,25)(H,22,28)(H,23,30)(H,24,29)(H,26,27)(H,31,32). The summed E-state index contributed by atoms with van der Waals surface area (Å²) in [5, 5.41) is 25.1. The minimum atomic E-state index is -1.68. The van der Waals surface area contributed by atoms with E-state index in [0.717, 1.165) is 0 Å². The molecule has 0 aliphatic heterocycles. The highest BCUT2D eigenvalue weighted by Crippen LogP contribution is 2.11. The second-order valence-electron chi connectivity index (χ2n) is 7.49. The van der Waals surface area contributed by atoms with Crippen LogP contribution in [0.1, 0.15) is 39.5 Å². The number of amides is 4. The zero-order valence-corrected chi connectivity index (χ0v) is 19.6. The molecule has 188 valence electrons. The Labute approximate surface area is 195 Å². The van der Waals surface area contributed by atoms with E-state index in [4.69, 9.17) is 21.7 Å². The number of carbonyl (C=O) groups excluding carboxylic acids is 4. The van der Waals surface area contributed by atoms with E-state index < -0.39 is 78.5 Å². The van der Waals surface area contributed by atoms with Crippen molar-refractivity contribution in [2.24, 2.45) is 17.4 Å². The van der Waals surface area contributed by atoms with Crippen LogP contribution in [-0.2, 0) is 28.8 Å². The summed E-state index contributed by atoms with van der Waals surface area (Å²) in [4.78, 5) is 71.0. The summed E-state index contributed by atoms with van der Waals surface area (Å²) < 4.78 is 0. The van der Waals surface area contributed by atoms with Crippen molar-refractivity contribution < 1.29 is 39.0 Å². The summed E-state index contributed by atoms with van der Waals surface area (Å²) in [6.07, 6.45) is 1.15. The lowest BCUT2D eigenvalue weighted by molar-refractivity contribution is -0.147.